The lowest BCUT2D eigenvalue weighted by atomic mass is 10.2. The van der Waals surface area contributed by atoms with Crippen LogP contribution < -0.4 is 16.0 Å². The average molecular weight is 657 g/mol. The Hall–Kier alpha value is -4.90. The second-order valence-electron chi connectivity index (χ2n) is 8.81. The molecule has 1 aliphatic heterocycles. The van der Waals surface area contributed by atoms with Crippen LogP contribution in [-0.2, 0) is 27.6 Å². The molecular weight excluding hydrogens is 640 g/mol. The van der Waals surface area contributed by atoms with Gasteiger partial charge in [-0.1, -0.05) is 29.8 Å². The van der Waals surface area contributed by atoms with Crippen LogP contribution in [0, 0.1) is 5.82 Å². The number of halogens is 5. The van der Waals surface area contributed by atoms with Crippen LogP contribution in [0.3, 0.4) is 0 Å². The van der Waals surface area contributed by atoms with Gasteiger partial charge in [-0.05, 0) is 36.0 Å². The summed E-state index contributed by atoms with van der Waals surface area (Å²) in [4.78, 5) is 65.7. The van der Waals surface area contributed by atoms with Crippen molar-refractivity contribution in [3.05, 3.63) is 90.3 Å². The summed E-state index contributed by atoms with van der Waals surface area (Å²) in [6, 6.07) is 7.58. The van der Waals surface area contributed by atoms with E-state index in [-0.39, 0.29) is 42.3 Å². The fourth-order valence-corrected chi connectivity index (χ4v) is 5.06. The number of thioether (sulfide) groups is 1. The van der Waals surface area contributed by atoms with Crippen molar-refractivity contribution >= 4 is 58.1 Å². The van der Waals surface area contributed by atoms with Crippen molar-refractivity contribution in [3.63, 3.8) is 0 Å². The number of carboxylic acid groups (broad SMARTS) is 2. The van der Waals surface area contributed by atoms with Crippen LogP contribution >= 0.6 is 23.4 Å². The Labute approximate surface area is 252 Å². The maximum atomic E-state index is 15.0. The lowest BCUT2D eigenvalue weighted by molar-refractivity contribution is -0.144. The quantitative estimate of drug-likeness (QED) is 0.273. The SMILES string of the molecule is Cn1c(C(F)(F)F)cc(=O)n(-c2cc(N=C3SC(=Cc4ccccc4OCC(=O)O)C(=O)N3CC(=O)O)c(Cl)cc2F)c1=O. The molecule has 2 heterocycles. The maximum Gasteiger partial charge on any atom is 0.431 e. The number of aliphatic imine (C=N–C) groups is 1. The Bertz CT molecular complexity index is 1890. The van der Waals surface area contributed by atoms with Crippen molar-refractivity contribution in [3.8, 4) is 11.4 Å². The number of carboxylic acids is 2. The van der Waals surface area contributed by atoms with Crippen molar-refractivity contribution in [2.75, 3.05) is 13.2 Å². The first-order chi connectivity index (χ1) is 20.6. The molecule has 1 aromatic heterocycles. The first kappa shape index (κ1) is 32.0. The molecule has 0 aliphatic carbocycles. The van der Waals surface area contributed by atoms with Crippen LogP contribution in [0.5, 0.6) is 5.75 Å². The molecule has 4 rings (SSSR count). The van der Waals surface area contributed by atoms with Gasteiger partial charge in [-0.2, -0.15) is 13.2 Å². The van der Waals surface area contributed by atoms with E-state index in [9.17, 15) is 46.6 Å². The highest BCUT2D eigenvalue weighted by Gasteiger charge is 2.36. The molecule has 230 valence electrons. The van der Waals surface area contributed by atoms with E-state index in [0.717, 1.165) is 18.0 Å². The molecule has 2 aromatic carbocycles. The lowest BCUT2D eigenvalue weighted by Gasteiger charge is -2.15. The predicted octanol–water partition coefficient (Wildman–Crippen LogP) is 3.50. The van der Waals surface area contributed by atoms with Crippen LogP contribution in [-0.4, -0.2) is 60.4 Å². The Morgan fingerprint density at radius 1 is 1.09 bits per heavy atom. The minimum absolute atomic E-state index is 0.0809. The summed E-state index contributed by atoms with van der Waals surface area (Å²) >= 11 is 6.79. The Balaban J connectivity index is 1.82. The minimum atomic E-state index is -5.06. The van der Waals surface area contributed by atoms with E-state index < -0.39 is 70.6 Å². The molecule has 1 saturated heterocycles. The van der Waals surface area contributed by atoms with Crippen LogP contribution in [0.1, 0.15) is 11.3 Å². The molecule has 0 radical (unpaired) electrons. The Morgan fingerprint density at radius 3 is 2.41 bits per heavy atom. The van der Waals surface area contributed by atoms with E-state index in [0.29, 0.717) is 17.8 Å². The first-order valence-electron chi connectivity index (χ1n) is 11.9. The lowest BCUT2D eigenvalue weighted by Crippen LogP contribution is -2.41. The van der Waals surface area contributed by atoms with Crippen molar-refractivity contribution in [2.24, 2.45) is 12.0 Å². The smallest absolute Gasteiger partial charge is 0.431 e. The van der Waals surface area contributed by atoms with Crippen LogP contribution in [0.25, 0.3) is 11.8 Å². The largest absolute Gasteiger partial charge is 0.481 e. The zero-order valence-electron chi connectivity index (χ0n) is 22.0. The number of hydrogen-bond donors (Lipinski definition) is 2. The normalized spacial score (nSPS) is 15.3. The van der Waals surface area contributed by atoms with E-state index in [4.69, 9.17) is 21.4 Å². The zero-order valence-corrected chi connectivity index (χ0v) is 23.5. The third-order valence-electron chi connectivity index (χ3n) is 5.82. The van der Waals surface area contributed by atoms with Crippen molar-refractivity contribution in [1.29, 1.82) is 0 Å². The third kappa shape index (κ3) is 6.68. The second kappa shape index (κ2) is 12.4. The van der Waals surface area contributed by atoms with E-state index in [2.05, 4.69) is 4.99 Å². The molecule has 0 bridgehead atoms. The highest BCUT2D eigenvalue weighted by Crippen LogP contribution is 2.38. The molecular formula is C26H17ClF4N4O8S. The predicted molar refractivity (Wildman–Crippen MR) is 149 cm³/mol. The van der Waals surface area contributed by atoms with Crippen molar-refractivity contribution in [1.82, 2.24) is 14.0 Å². The third-order valence-corrected chi connectivity index (χ3v) is 7.13. The minimum Gasteiger partial charge on any atom is -0.481 e. The Kier molecular flexibility index (Phi) is 9.01. The maximum absolute atomic E-state index is 15.0. The summed E-state index contributed by atoms with van der Waals surface area (Å²) in [5, 5.41) is 17.6. The van der Waals surface area contributed by atoms with E-state index in [1.54, 1.807) is 12.1 Å². The number of rotatable bonds is 8. The van der Waals surface area contributed by atoms with Gasteiger partial charge in [0.1, 0.15) is 23.8 Å². The highest BCUT2D eigenvalue weighted by molar-refractivity contribution is 8.18. The molecule has 0 atom stereocenters. The summed E-state index contributed by atoms with van der Waals surface area (Å²) < 4.78 is 60.2. The van der Waals surface area contributed by atoms with E-state index in [1.165, 1.54) is 18.2 Å². The zero-order chi connectivity index (χ0) is 32.5. The number of aliphatic carboxylic acids is 2. The summed E-state index contributed by atoms with van der Waals surface area (Å²) in [6.45, 7) is -1.57. The molecule has 0 unspecified atom stereocenters. The molecule has 1 aliphatic rings. The molecule has 1 amide bonds. The molecule has 3 aromatic rings. The summed E-state index contributed by atoms with van der Waals surface area (Å²) in [7, 11) is 0.735. The number of amides is 1. The van der Waals surface area contributed by atoms with Gasteiger partial charge < -0.3 is 14.9 Å². The van der Waals surface area contributed by atoms with Gasteiger partial charge in [-0.3, -0.25) is 23.9 Å². The van der Waals surface area contributed by atoms with Gasteiger partial charge in [-0.25, -0.2) is 23.5 Å². The molecule has 2 N–H and O–H groups in total. The molecule has 1 fully saturated rings. The number of ether oxygens (including phenoxy) is 1. The van der Waals surface area contributed by atoms with Crippen LogP contribution in [0.15, 0.2) is 62.0 Å². The van der Waals surface area contributed by atoms with E-state index in [1.807, 2.05) is 0 Å². The van der Waals surface area contributed by atoms with Crippen LogP contribution in [0.2, 0.25) is 5.02 Å². The Morgan fingerprint density at radius 2 is 1.77 bits per heavy atom. The molecule has 44 heavy (non-hydrogen) atoms. The molecule has 0 saturated carbocycles. The van der Waals surface area contributed by atoms with Gasteiger partial charge in [0.25, 0.3) is 11.5 Å². The summed E-state index contributed by atoms with van der Waals surface area (Å²) in [6.07, 6.45) is -3.76. The molecule has 0 spiro atoms. The second-order valence-corrected chi connectivity index (χ2v) is 10.2. The number of aromatic nitrogens is 2. The van der Waals surface area contributed by atoms with Crippen molar-refractivity contribution in [2.45, 2.75) is 6.18 Å². The number of carbonyl (C=O) groups excluding carboxylic acids is 1. The fraction of sp³-hybridized carbons (Fsp3) is 0.154. The summed E-state index contributed by atoms with van der Waals surface area (Å²) in [5.41, 5.74) is -5.52. The van der Waals surface area contributed by atoms with Gasteiger partial charge in [0.05, 0.1) is 21.3 Å². The topological polar surface area (TPSA) is 160 Å². The number of para-hydroxylation sites is 1. The van der Waals surface area contributed by atoms with Gasteiger partial charge >= 0.3 is 23.8 Å². The molecule has 12 nitrogen and oxygen atoms in total. The first-order valence-corrected chi connectivity index (χ1v) is 13.1. The number of carbonyl (C=O) groups is 3. The summed E-state index contributed by atoms with van der Waals surface area (Å²) in [5.74, 6) is -4.71. The van der Waals surface area contributed by atoms with Crippen molar-refractivity contribution < 1.29 is 46.9 Å². The fourth-order valence-electron chi connectivity index (χ4n) is 3.88. The standard InChI is InChI=1S/C26H17ClF4N4O8S/c1-33-19(26(29,30)31)9-20(36)35(25(33)42)16-8-15(13(27)7-14(16)28)32-24-34(10-21(37)38)23(41)18(44-24)6-12-4-2-3-5-17(12)43-11-22(39)40/h2-9H,10-11H2,1H3,(H,37,38)(H,39,40). The number of benzene rings is 2. The van der Waals surface area contributed by atoms with Crippen LogP contribution in [0.4, 0.5) is 23.2 Å². The number of amidine groups is 1. The number of nitrogens with zero attached hydrogens (tertiary/aromatic N) is 4. The van der Waals surface area contributed by atoms with Gasteiger partial charge in [-0.15, -0.1) is 0 Å². The van der Waals surface area contributed by atoms with Gasteiger partial charge in [0.2, 0.25) is 0 Å². The van der Waals surface area contributed by atoms with Gasteiger partial charge in [0.15, 0.2) is 11.8 Å². The number of hydrogen-bond acceptors (Lipinski definition) is 8. The van der Waals surface area contributed by atoms with Gasteiger partial charge in [0, 0.05) is 18.7 Å². The van der Waals surface area contributed by atoms with E-state index >= 15 is 0 Å². The highest BCUT2D eigenvalue weighted by atomic mass is 35.5. The monoisotopic (exact) mass is 656 g/mol. The number of alkyl halides is 3. The molecule has 18 heteroatoms. The average Bonchev–Trinajstić information content (AvgIpc) is 3.20.